The Labute approximate surface area is 98.7 Å². The minimum atomic E-state index is -0.0931. The first-order chi connectivity index (χ1) is 7.59. The molecule has 0 bridgehead atoms. The van der Waals surface area contributed by atoms with Crippen LogP contribution in [-0.4, -0.2) is 24.5 Å². The fraction of sp³-hybridized carbons (Fsp3) is 0.769. The van der Waals surface area contributed by atoms with Crippen LogP contribution in [0.5, 0.6) is 0 Å². The van der Waals surface area contributed by atoms with Crippen LogP contribution in [0.25, 0.3) is 0 Å². The smallest absolute Gasteiger partial charge is 0.237 e. The zero-order valence-corrected chi connectivity index (χ0v) is 10.7. The lowest BCUT2D eigenvalue weighted by atomic mass is 10.1. The van der Waals surface area contributed by atoms with Crippen molar-refractivity contribution in [2.75, 3.05) is 6.54 Å². The summed E-state index contributed by atoms with van der Waals surface area (Å²) in [4.78, 5) is 11.6. The van der Waals surface area contributed by atoms with Gasteiger partial charge >= 0.3 is 0 Å². The number of hydrogen-bond donors (Lipinski definition) is 2. The van der Waals surface area contributed by atoms with Crippen LogP contribution in [-0.2, 0) is 4.79 Å². The quantitative estimate of drug-likeness (QED) is 0.677. The van der Waals surface area contributed by atoms with Crippen molar-refractivity contribution in [3.63, 3.8) is 0 Å². The Kier molecular flexibility index (Phi) is 5.53. The average molecular weight is 224 g/mol. The summed E-state index contributed by atoms with van der Waals surface area (Å²) >= 11 is 0. The zero-order valence-electron chi connectivity index (χ0n) is 10.7. The Bertz CT molecular complexity index is 259. The van der Waals surface area contributed by atoms with E-state index in [-0.39, 0.29) is 18.0 Å². The van der Waals surface area contributed by atoms with Gasteiger partial charge < -0.3 is 10.6 Å². The van der Waals surface area contributed by atoms with Crippen molar-refractivity contribution >= 4 is 5.91 Å². The van der Waals surface area contributed by atoms with Crippen LogP contribution in [0.2, 0.25) is 0 Å². The summed E-state index contributed by atoms with van der Waals surface area (Å²) in [6.07, 6.45) is 7.20. The minimum absolute atomic E-state index is 0.0930. The van der Waals surface area contributed by atoms with E-state index in [9.17, 15) is 4.79 Å². The van der Waals surface area contributed by atoms with Gasteiger partial charge in [-0.25, -0.2) is 0 Å². The van der Waals surface area contributed by atoms with Crippen LogP contribution in [0.4, 0.5) is 0 Å². The van der Waals surface area contributed by atoms with Crippen LogP contribution in [0.15, 0.2) is 11.6 Å². The fourth-order valence-electron chi connectivity index (χ4n) is 1.92. The summed E-state index contributed by atoms with van der Waals surface area (Å²) < 4.78 is 0. The molecule has 1 atom stereocenters. The lowest BCUT2D eigenvalue weighted by molar-refractivity contribution is -0.123. The minimum Gasteiger partial charge on any atom is -0.353 e. The van der Waals surface area contributed by atoms with Crippen LogP contribution in [0, 0.1) is 0 Å². The number of allylic oxidation sites excluding steroid dienone is 1. The third-order valence-corrected chi connectivity index (χ3v) is 2.86. The maximum atomic E-state index is 11.6. The van der Waals surface area contributed by atoms with Gasteiger partial charge in [-0.1, -0.05) is 11.6 Å². The standard InChI is InChI=1S/C13H24N2O/c1-10(2)15-13(16)11(3)14-9-8-12-6-4-5-7-12/h6,10-11,14H,4-5,7-9H2,1-3H3,(H,15,16). The highest BCUT2D eigenvalue weighted by Gasteiger charge is 2.12. The van der Waals surface area contributed by atoms with Crippen molar-refractivity contribution in [3.8, 4) is 0 Å². The zero-order chi connectivity index (χ0) is 12.0. The molecular formula is C13H24N2O. The van der Waals surface area contributed by atoms with Crippen LogP contribution < -0.4 is 10.6 Å². The molecule has 1 rings (SSSR count). The Hall–Kier alpha value is -0.830. The SMILES string of the molecule is CC(C)NC(=O)C(C)NCCC1=CCCC1. The van der Waals surface area contributed by atoms with Gasteiger partial charge in [0.05, 0.1) is 6.04 Å². The molecule has 0 saturated carbocycles. The molecule has 1 aliphatic carbocycles. The van der Waals surface area contributed by atoms with E-state index in [0.717, 1.165) is 13.0 Å². The third kappa shape index (κ3) is 4.79. The second-order valence-electron chi connectivity index (χ2n) is 4.84. The van der Waals surface area contributed by atoms with Gasteiger partial charge in [-0.15, -0.1) is 0 Å². The molecule has 0 fully saturated rings. The summed E-state index contributed by atoms with van der Waals surface area (Å²) in [6, 6.07) is 0.124. The predicted molar refractivity (Wildman–Crippen MR) is 67.3 cm³/mol. The van der Waals surface area contributed by atoms with Gasteiger partial charge in [0.2, 0.25) is 5.91 Å². The number of rotatable bonds is 6. The van der Waals surface area contributed by atoms with Crippen molar-refractivity contribution in [2.24, 2.45) is 0 Å². The molecule has 1 amide bonds. The Morgan fingerprint density at radius 2 is 2.19 bits per heavy atom. The number of carbonyl (C=O) groups is 1. The van der Waals surface area contributed by atoms with E-state index in [4.69, 9.17) is 0 Å². The average Bonchev–Trinajstić information content (AvgIpc) is 2.69. The molecule has 0 aromatic rings. The maximum absolute atomic E-state index is 11.6. The van der Waals surface area contributed by atoms with Gasteiger partial charge in [-0.3, -0.25) is 4.79 Å². The highest BCUT2D eigenvalue weighted by molar-refractivity contribution is 5.81. The molecule has 0 aromatic heterocycles. The van der Waals surface area contributed by atoms with Crippen molar-refractivity contribution < 1.29 is 4.79 Å². The van der Waals surface area contributed by atoms with Crippen molar-refractivity contribution in [1.82, 2.24) is 10.6 Å². The molecule has 16 heavy (non-hydrogen) atoms. The molecule has 3 heteroatoms. The van der Waals surface area contributed by atoms with Crippen molar-refractivity contribution in [3.05, 3.63) is 11.6 Å². The molecule has 2 N–H and O–H groups in total. The number of nitrogens with one attached hydrogen (secondary N) is 2. The van der Waals surface area contributed by atoms with Gasteiger partial charge in [0, 0.05) is 6.04 Å². The van der Waals surface area contributed by atoms with Crippen molar-refractivity contribution in [2.45, 2.75) is 58.5 Å². The Morgan fingerprint density at radius 1 is 1.44 bits per heavy atom. The van der Waals surface area contributed by atoms with E-state index < -0.39 is 0 Å². The fourth-order valence-corrected chi connectivity index (χ4v) is 1.92. The summed E-state index contributed by atoms with van der Waals surface area (Å²) in [6.45, 7) is 6.78. The number of amides is 1. The van der Waals surface area contributed by atoms with Gasteiger partial charge in [0.25, 0.3) is 0 Å². The van der Waals surface area contributed by atoms with E-state index in [1.807, 2.05) is 20.8 Å². The van der Waals surface area contributed by atoms with Crippen LogP contribution in [0.3, 0.4) is 0 Å². The second-order valence-corrected chi connectivity index (χ2v) is 4.84. The molecule has 0 spiro atoms. The molecule has 92 valence electrons. The van der Waals surface area contributed by atoms with E-state index in [1.165, 1.54) is 19.3 Å². The summed E-state index contributed by atoms with van der Waals surface area (Å²) in [5.41, 5.74) is 1.55. The molecule has 0 aromatic carbocycles. The largest absolute Gasteiger partial charge is 0.353 e. The van der Waals surface area contributed by atoms with E-state index >= 15 is 0 Å². The first-order valence-electron chi connectivity index (χ1n) is 6.31. The van der Waals surface area contributed by atoms with E-state index in [2.05, 4.69) is 16.7 Å². The highest BCUT2D eigenvalue weighted by Crippen LogP contribution is 2.19. The topological polar surface area (TPSA) is 41.1 Å². The molecule has 0 radical (unpaired) electrons. The number of hydrogen-bond acceptors (Lipinski definition) is 2. The van der Waals surface area contributed by atoms with Gasteiger partial charge in [-0.2, -0.15) is 0 Å². The molecule has 3 nitrogen and oxygen atoms in total. The third-order valence-electron chi connectivity index (χ3n) is 2.86. The lowest BCUT2D eigenvalue weighted by Crippen LogP contribution is -2.44. The van der Waals surface area contributed by atoms with Gasteiger partial charge in [-0.05, 0) is 53.0 Å². The Morgan fingerprint density at radius 3 is 2.75 bits per heavy atom. The van der Waals surface area contributed by atoms with Gasteiger partial charge in [0.15, 0.2) is 0 Å². The predicted octanol–water partition coefficient (Wildman–Crippen LogP) is 1.99. The Balaban J connectivity index is 2.14. The van der Waals surface area contributed by atoms with E-state index in [0.29, 0.717) is 0 Å². The number of carbonyl (C=O) groups excluding carboxylic acids is 1. The first kappa shape index (κ1) is 13.2. The van der Waals surface area contributed by atoms with E-state index in [1.54, 1.807) is 5.57 Å². The maximum Gasteiger partial charge on any atom is 0.237 e. The lowest BCUT2D eigenvalue weighted by Gasteiger charge is -2.16. The second kappa shape index (κ2) is 6.69. The molecule has 0 heterocycles. The molecule has 1 unspecified atom stereocenters. The van der Waals surface area contributed by atoms with Crippen LogP contribution >= 0.6 is 0 Å². The summed E-state index contributed by atoms with van der Waals surface area (Å²) in [5.74, 6) is 0.0930. The first-order valence-corrected chi connectivity index (χ1v) is 6.31. The molecule has 1 aliphatic rings. The monoisotopic (exact) mass is 224 g/mol. The van der Waals surface area contributed by atoms with Crippen molar-refractivity contribution in [1.29, 1.82) is 0 Å². The molecule has 0 aliphatic heterocycles. The molecular weight excluding hydrogens is 200 g/mol. The highest BCUT2D eigenvalue weighted by atomic mass is 16.2. The summed E-state index contributed by atoms with van der Waals surface area (Å²) in [5, 5.41) is 6.17. The van der Waals surface area contributed by atoms with Gasteiger partial charge in [0.1, 0.15) is 0 Å². The normalized spacial score (nSPS) is 17.4. The molecule has 0 saturated heterocycles. The summed E-state index contributed by atoms with van der Waals surface area (Å²) in [7, 11) is 0. The van der Waals surface area contributed by atoms with Crippen LogP contribution in [0.1, 0.15) is 46.5 Å².